The van der Waals surface area contributed by atoms with Crippen molar-refractivity contribution < 1.29 is 13.2 Å². The molecule has 0 bridgehead atoms. The lowest BCUT2D eigenvalue weighted by molar-refractivity contribution is -0.116. The van der Waals surface area contributed by atoms with E-state index in [1.54, 1.807) is 29.3 Å². The van der Waals surface area contributed by atoms with Crippen LogP contribution in [0, 0.1) is 0 Å². The second kappa shape index (κ2) is 6.17. The Bertz CT molecular complexity index is 813. The van der Waals surface area contributed by atoms with E-state index < -0.39 is 10.0 Å². The number of carbonyl (C=O) groups excluding carboxylic acids is 1. The van der Waals surface area contributed by atoms with Gasteiger partial charge in [-0.1, -0.05) is 0 Å². The molecule has 0 fully saturated rings. The van der Waals surface area contributed by atoms with E-state index in [1.165, 1.54) is 6.92 Å². The molecule has 0 saturated heterocycles. The standard InChI is InChI=1S/C16H19N3O3S/c1-12(20)19-9-3-4-13-10-15(6-7-16(13)19)23(21,22)18-11-14-5-2-8-17-14/h2,5-8,10,17-18H,3-4,9,11H2,1H3. The molecule has 2 aromatic rings. The zero-order chi connectivity index (χ0) is 16.4. The number of sulfonamides is 1. The topological polar surface area (TPSA) is 82.3 Å². The summed E-state index contributed by atoms with van der Waals surface area (Å²) < 4.78 is 27.4. The lowest BCUT2D eigenvalue weighted by Gasteiger charge is -2.28. The molecule has 7 heteroatoms. The average Bonchev–Trinajstić information content (AvgIpc) is 3.05. The summed E-state index contributed by atoms with van der Waals surface area (Å²) in [5, 5.41) is 0. The van der Waals surface area contributed by atoms with Gasteiger partial charge in [-0.3, -0.25) is 4.79 Å². The summed E-state index contributed by atoms with van der Waals surface area (Å²) in [6.07, 6.45) is 3.37. The van der Waals surface area contributed by atoms with Gasteiger partial charge in [0.15, 0.2) is 0 Å². The fourth-order valence-corrected chi connectivity index (χ4v) is 3.86. The molecule has 23 heavy (non-hydrogen) atoms. The predicted molar refractivity (Wildman–Crippen MR) is 87.6 cm³/mol. The summed E-state index contributed by atoms with van der Waals surface area (Å²) in [5.41, 5.74) is 2.51. The number of nitrogens with one attached hydrogen (secondary N) is 2. The molecule has 0 spiro atoms. The minimum Gasteiger partial charge on any atom is -0.364 e. The van der Waals surface area contributed by atoms with Gasteiger partial charge in [-0.2, -0.15) is 0 Å². The largest absolute Gasteiger partial charge is 0.364 e. The van der Waals surface area contributed by atoms with Crippen molar-refractivity contribution in [1.29, 1.82) is 0 Å². The summed E-state index contributed by atoms with van der Waals surface area (Å²) in [6.45, 7) is 2.42. The number of benzene rings is 1. The van der Waals surface area contributed by atoms with Gasteiger partial charge in [-0.05, 0) is 48.7 Å². The normalized spacial score (nSPS) is 14.6. The number of aromatic nitrogens is 1. The Morgan fingerprint density at radius 1 is 1.35 bits per heavy atom. The third kappa shape index (κ3) is 3.30. The lowest BCUT2D eigenvalue weighted by Crippen LogP contribution is -2.33. The number of aryl methyl sites for hydroxylation is 1. The average molecular weight is 333 g/mol. The zero-order valence-electron chi connectivity index (χ0n) is 12.9. The van der Waals surface area contributed by atoms with Crippen LogP contribution in [0.4, 0.5) is 5.69 Å². The first kappa shape index (κ1) is 15.8. The molecule has 1 aromatic carbocycles. The van der Waals surface area contributed by atoms with Crippen LogP contribution in [-0.4, -0.2) is 25.9 Å². The zero-order valence-corrected chi connectivity index (χ0v) is 13.7. The molecule has 1 amide bonds. The van der Waals surface area contributed by atoms with Crippen molar-refractivity contribution in [3.63, 3.8) is 0 Å². The maximum Gasteiger partial charge on any atom is 0.240 e. The van der Waals surface area contributed by atoms with Gasteiger partial charge in [0.05, 0.1) is 11.4 Å². The molecule has 0 saturated carbocycles. The molecule has 1 aromatic heterocycles. The molecule has 3 rings (SSSR count). The number of fused-ring (bicyclic) bond motifs is 1. The third-order valence-corrected chi connectivity index (χ3v) is 5.37. The monoisotopic (exact) mass is 333 g/mol. The number of nitrogens with zero attached hydrogens (tertiary/aromatic N) is 1. The van der Waals surface area contributed by atoms with Crippen LogP contribution in [0.25, 0.3) is 0 Å². The van der Waals surface area contributed by atoms with Crippen LogP contribution in [-0.2, 0) is 27.8 Å². The highest BCUT2D eigenvalue weighted by atomic mass is 32.2. The Hall–Kier alpha value is -2.12. The molecule has 1 aliphatic rings. The number of H-pyrrole nitrogens is 1. The van der Waals surface area contributed by atoms with Gasteiger partial charge in [-0.25, -0.2) is 13.1 Å². The third-order valence-electron chi connectivity index (χ3n) is 3.98. The van der Waals surface area contributed by atoms with Crippen LogP contribution >= 0.6 is 0 Å². The van der Waals surface area contributed by atoms with Gasteiger partial charge in [0.25, 0.3) is 0 Å². The number of carbonyl (C=O) groups is 1. The van der Waals surface area contributed by atoms with Crippen molar-refractivity contribution >= 4 is 21.6 Å². The predicted octanol–water partition coefficient (Wildman–Crippen LogP) is 1.79. The Morgan fingerprint density at radius 3 is 2.87 bits per heavy atom. The first-order valence-corrected chi connectivity index (χ1v) is 8.99. The van der Waals surface area contributed by atoms with Crippen LogP contribution in [0.15, 0.2) is 41.4 Å². The van der Waals surface area contributed by atoms with E-state index in [9.17, 15) is 13.2 Å². The summed E-state index contributed by atoms with van der Waals surface area (Å²) in [6, 6.07) is 8.58. The molecular weight excluding hydrogens is 314 g/mol. The van der Waals surface area contributed by atoms with Crippen molar-refractivity contribution in [1.82, 2.24) is 9.71 Å². The first-order valence-electron chi connectivity index (χ1n) is 7.50. The number of hydrogen-bond acceptors (Lipinski definition) is 3. The molecule has 2 heterocycles. The van der Waals surface area contributed by atoms with Gasteiger partial charge in [0.1, 0.15) is 0 Å². The van der Waals surface area contributed by atoms with Crippen LogP contribution in [0.1, 0.15) is 24.6 Å². The van der Waals surface area contributed by atoms with Gasteiger partial charge < -0.3 is 9.88 Å². The summed E-state index contributed by atoms with van der Waals surface area (Å²) in [4.78, 5) is 16.6. The van der Waals surface area contributed by atoms with Crippen LogP contribution < -0.4 is 9.62 Å². The maximum atomic E-state index is 12.4. The fraction of sp³-hybridized carbons (Fsp3) is 0.312. The van der Waals surface area contributed by atoms with E-state index in [-0.39, 0.29) is 17.3 Å². The highest BCUT2D eigenvalue weighted by Gasteiger charge is 2.22. The Morgan fingerprint density at radius 2 is 2.17 bits per heavy atom. The highest BCUT2D eigenvalue weighted by Crippen LogP contribution is 2.29. The summed E-state index contributed by atoms with van der Waals surface area (Å²) in [7, 11) is -3.58. The Kier molecular flexibility index (Phi) is 4.23. The van der Waals surface area contributed by atoms with E-state index in [0.717, 1.165) is 29.8 Å². The van der Waals surface area contributed by atoms with Gasteiger partial charge in [-0.15, -0.1) is 0 Å². The van der Waals surface area contributed by atoms with Crippen LogP contribution in [0.5, 0.6) is 0 Å². The number of amides is 1. The Labute approximate surface area is 135 Å². The molecule has 0 radical (unpaired) electrons. The molecule has 2 N–H and O–H groups in total. The van der Waals surface area contributed by atoms with E-state index in [0.29, 0.717) is 6.54 Å². The fourth-order valence-electron chi connectivity index (χ4n) is 2.80. The summed E-state index contributed by atoms with van der Waals surface area (Å²) in [5.74, 6) is -0.0218. The van der Waals surface area contributed by atoms with E-state index in [1.807, 2.05) is 12.1 Å². The van der Waals surface area contributed by atoms with Gasteiger partial charge in [0.2, 0.25) is 15.9 Å². The quantitative estimate of drug-likeness (QED) is 0.895. The number of hydrogen-bond donors (Lipinski definition) is 2. The lowest BCUT2D eigenvalue weighted by atomic mass is 10.0. The molecule has 0 unspecified atom stereocenters. The first-order chi connectivity index (χ1) is 11.0. The van der Waals surface area contributed by atoms with E-state index in [4.69, 9.17) is 0 Å². The second-order valence-electron chi connectivity index (χ2n) is 5.58. The molecule has 122 valence electrons. The maximum absolute atomic E-state index is 12.4. The molecule has 0 aliphatic carbocycles. The number of anilines is 1. The van der Waals surface area contributed by atoms with E-state index in [2.05, 4.69) is 9.71 Å². The second-order valence-corrected chi connectivity index (χ2v) is 7.35. The van der Waals surface area contributed by atoms with Crippen molar-refractivity contribution in [3.8, 4) is 0 Å². The van der Waals surface area contributed by atoms with Gasteiger partial charge in [0, 0.05) is 31.0 Å². The van der Waals surface area contributed by atoms with Crippen LogP contribution in [0.2, 0.25) is 0 Å². The molecule has 1 aliphatic heterocycles. The number of aromatic amines is 1. The van der Waals surface area contributed by atoms with Gasteiger partial charge >= 0.3 is 0 Å². The van der Waals surface area contributed by atoms with Crippen LogP contribution in [0.3, 0.4) is 0 Å². The molecular formula is C16H19N3O3S. The molecule has 6 nitrogen and oxygen atoms in total. The highest BCUT2D eigenvalue weighted by molar-refractivity contribution is 7.89. The van der Waals surface area contributed by atoms with Crippen molar-refractivity contribution in [2.45, 2.75) is 31.2 Å². The summed E-state index contributed by atoms with van der Waals surface area (Å²) >= 11 is 0. The molecule has 0 atom stereocenters. The van der Waals surface area contributed by atoms with E-state index >= 15 is 0 Å². The van der Waals surface area contributed by atoms with Crippen molar-refractivity contribution in [3.05, 3.63) is 47.8 Å². The van der Waals surface area contributed by atoms with Crippen molar-refractivity contribution in [2.24, 2.45) is 0 Å². The SMILES string of the molecule is CC(=O)N1CCCc2cc(S(=O)(=O)NCc3ccc[nH]3)ccc21. The minimum atomic E-state index is -3.58. The number of rotatable bonds is 4. The smallest absolute Gasteiger partial charge is 0.240 e. The minimum absolute atomic E-state index is 0.0218. The Balaban J connectivity index is 1.84. The van der Waals surface area contributed by atoms with Crippen molar-refractivity contribution in [2.75, 3.05) is 11.4 Å².